The highest BCUT2D eigenvalue weighted by Gasteiger charge is 2.21. The van der Waals surface area contributed by atoms with Crippen molar-refractivity contribution in [2.24, 2.45) is 0 Å². The van der Waals surface area contributed by atoms with E-state index in [9.17, 15) is 0 Å². The van der Waals surface area contributed by atoms with Crippen LogP contribution in [0.25, 0.3) is 69.6 Å². The highest BCUT2D eigenvalue weighted by molar-refractivity contribution is 9.10. The number of para-hydroxylation sites is 1. The number of anilines is 3. The van der Waals surface area contributed by atoms with Gasteiger partial charge in [-0.1, -0.05) is 119 Å². The molecule has 4 heteroatoms. The van der Waals surface area contributed by atoms with Gasteiger partial charge in [-0.15, -0.1) is 11.3 Å². The van der Waals surface area contributed by atoms with Gasteiger partial charge >= 0.3 is 0 Å². The third kappa shape index (κ3) is 4.68. The molecule has 236 valence electrons. The van der Waals surface area contributed by atoms with Gasteiger partial charge < -0.3 is 9.47 Å². The van der Waals surface area contributed by atoms with Crippen LogP contribution in [0.15, 0.2) is 180 Å². The summed E-state index contributed by atoms with van der Waals surface area (Å²) in [5.74, 6) is 0. The van der Waals surface area contributed by atoms with E-state index in [1.165, 1.54) is 63.9 Å². The standard InChI is InChI=1S/C46H29BrN2S/c47-33-13-8-12-32(28-33)30-20-22-35(23-21-30)48(40-18-9-11-31-10-4-5-16-37(31)40)36-24-25-38-42(29-36)49(34-14-2-1-3-15-34)41-26-27-44-46(45(38)41)39-17-6-7-19-43(39)50-44/h1-29H. The molecule has 8 aromatic carbocycles. The first-order valence-corrected chi connectivity index (χ1v) is 18.4. The summed E-state index contributed by atoms with van der Waals surface area (Å²) < 4.78 is 6.15. The zero-order valence-corrected chi connectivity index (χ0v) is 29.3. The first-order chi connectivity index (χ1) is 24.7. The maximum Gasteiger partial charge on any atom is 0.0562 e. The maximum absolute atomic E-state index is 3.65. The molecule has 0 aliphatic heterocycles. The summed E-state index contributed by atoms with van der Waals surface area (Å²) in [5, 5.41) is 7.64. The van der Waals surface area contributed by atoms with Crippen LogP contribution in [0.3, 0.4) is 0 Å². The van der Waals surface area contributed by atoms with Gasteiger partial charge in [-0.25, -0.2) is 0 Å². The fourth-order valence-electron chi connectivity index (χ4n) is 7.61. The third-order valence-electron chi connectivity index (χ3n) is 9.82. The van der Waals surface area contributed by atoms with E-state index in [1.807, 2.05) is 11.3 Å². The molecule has 0 amide bonds. The number of nitrogens with zero attached hydrogens (tertiary/aromatic N) is 2. The summed E-state index contributed by atoms with van der Waals surface area (Å²) in [6.45, 7) is 0. The van der Waals surface area contributed by atoms with E-state index in [1.54, 1.807) is 0 Å². The second-order valence-electron chi connectivity index (χ2n) is 12.7. The molecular formula is C46H29BrN2S. The molecule has 2 aromatic heterocycles. The van der Waals surface area contributed by atoms with Gasteiger partial charge in [0.25, 0.3) is 0 Å². The Balaban J connectivity index is 1.26. The lowest BCUT2D eigenvalue weighted by Crippen LogP contribution is -2.10. The number of rotatable bonds is 5. The van der Waals surface area contributed by atoms with Crippen LogP contribution in [-0.2, 0) is 0 Å². The first kappa shape index (κ1) is 29.3. The van der Waals surface area contributed by atoms with E-state index >= 15 is 0 Å². The van der Waals surface area contributed by atoms with Crippen molar-refractivity contribution in [2.75, 3.05) is 4.90 Å². The van der Waals surface area contributed by atoms with Gasteiger partial charge in [-0.05, 0) is 89.3 Å². The lowest BCUT2D eigenvalue weighted by Gasteiger charge is -2.27. The first-order valence-electron chi connectivity index (χ1n) is 16.8. The molecule has 0 bridgehead atoms. The summed E-state index contributed by atoms with van der Waals surface area (Å²) >= 11 is 5.52. The van der Waals surface area contributed by atoms with Gasteiger partial charge in [-0.2, -0.15) is 0 Å². The Morgan fingerprint density at radius 3 is 2.06 bits per heavy atom. The SMILES string of the molecule is Brc1cccc(-c2ccc(N(c3ccc4c5c6c(ccc5n(-c5ccccc5)c4c3)sc3ccccc36)c3cccc4ccccc34)cc2)c1. The van der Waals surface area contributed by atoms with Crippen LogP contribution in [0, 0.1) is 0 Å². The molecule has 10 aromatic rings. The van der Waals surface area contributed by atoms with Gasteiger partial charge in [0.2, 0.25) is 0 Å². The number of thiophene rings is 1. The molecule has 2 heterocycles. The van der Waals surface area contributed by atoms with Crippen molar-refractivity contribution >= 4 is 97.1 Å². The predicted molar refractivity (Wildman–Crippen MR) is 219 cm³/mol. The fourth-order valence-corrected chi connectivity index (χ4v) is 9.12. The molecule has 0 atom stereocenters. The molecular weight excluding hydrogens is 692 g/mol. The zero-order valence-electron chi connectivity index (χ0n) is 26.9. The van der Waals surface area contributed by atoms with Crippen LogP contribution >= 0.6 is 27.3 Å². The summed E-state index contributed by atoms with van der Waals surface area (Å²) in [5.41, 5.74) is 9.27. The van der Waals surface area contributed by atoms with Crippen molar-refractivity contribution in [3.63, 3.8) is 0 Å². The monoisotopic (exact) mass is 720 g/mol. The molecule has 2 nitrogen and oxygen atoms in total. The predicted octanol–water partition coefficient (Wildman–Crippen LogP) is 14.2. The van der Waals surface area contributed by atoms with Crippen LogP contribution in [0.1, 0.15) is 0 Å². The van der Waals surface area contributed by atoms with E-state index in [0.29, 0.717) is 0 Å². The van der Waals surface area contributed by atoms with Gasteiger partial charge in [0, 0.05) is 57.9 Å². The molecule has 0 spiro atoms. The normalized spacial score (nSPS) is 11.7. The van der Waals surface area contributed by atoms with Gasteiger partial charge in [0.15, 0.2) is 0 Å². The van der Waals surface area contributed by atoms with Gasteiger partial charge in [0.1, 0.15) is 0 Å². The fraction of sp³-hybridized carbons (Fsp3) is 0. The van der Waals surface area contributed by atoms with E-state index in [2.05, 4.69) is 201 Å². The second-order valence-corrected chi connectivity index (χ2v) is 14.7. The Bertz CT molecular complexity index is 2880. The minimum atomic E-state index is 1.08. The van der Waals surface area contributed by atoms with E-state index < -0.39 is 0 Å². The third-order valence-corrected chi connectivity index (χ3v) is 11.4. The molecule has 0 aliphatic carbocycles. The number of halogens is 1. The minimum Gasteiger partial charge on any atom is -0.310 e. The second kappa shape index (κ2) is 11.7. The number of benzene rings is 8. The molecule has 0 radical (unpaired) electrons. The molecule has 0 N–H and O–H groups in total. The number of hydrogen-bond acceptors (Lipinski definition) is 2. The van der Waals surface area contributed by atoms with E-state index in [4.69, 9.17) is 0 Å². The van der Waals surface area contributed by atoms with E-state index in [0.717, 1.165) is 27.2 Å². The Labute approximate surface area is 302 Å². The lowest BCUT2D eigenvalue weighted by atomic mass is 10.0. The van der Waals surface area contributed by atoms with Crippen LogP contribution in [0.2, 0.25) is 0 Å². The van der Waals surface area contributed by atoms with Crippen molar-refractivity contribution in [3.8, 4) is 16.8 Å². The average molecular weight is 722 g/mol. The largest absolute Gasteiger partial charge is 0.310 e. The highest BCUT2D eigenvalue weighted by atomic mass is 79.9. The highest BCUT2D eigenvalue weighted by Crippen LogP contribution is 2.46. The molecule has 0 aliphatic rings. The smallest absolute Gasteiger partial charge is 0.0562 e. The molecule has 0 fully saturated rings. The van der Waals surface area contributed by atoms with Crippen molar-refractivity contribution in [1.82, 2.24) is 4.57 Å². The minimum absolute atomic E-state index is 1.08. The summed E-state index contributed by atoms with van der Waals surface area (Å²) in [7, 11) is 0. The van der Waals surface area contributed by atoms with Crippen LogP contribution in [-0.4, -0.2) is 4.57 Å². The van der Waals surface area contributed by atoms with E-state index in [-0.39, 0.29) is 0 Å². The molecule has 0 saturated carbocycles. The molecule has 50 heavy (non-hydrogen) atoms. The van der Waals surface area contributed by atoms with Crippen molar-refractivity contribution in [3.05, 3.63) is 180 Å². The van der Waals surface area contributed by atoms with Gasteiger partial charge in [0.05, 0.1) is 16.7 Å². The quantitative estimate of drug-likeness (QED) is 0.172. The van der Waals surface area contributed by atoms with Crippen LogP contribution in [0.4, 0.5) is 17.1 Å². The van der Waals surface area contributed by atoms with Gasteiger partial charge in [-0.3, -0.25) is 0 Å². The number of aromatic nitrogens is 1. The Morgan fingerprint density at radius 2 is 1.20 bits per heavy atom. The van der Waals surface area contributed by atoms with Crippen molar-refractivity contribution < 1.29 is 0 Å². The molecule has 0 saturated heterocycles. The molecule has 0 unspecified atom stereocenters. The Kier molecular flexibility index (Phi) is 6.86. The average Bonchev–Trinajstić information content (AvgIpc) is 3.71. The summed E-state index contributed by atoms with van der Waals surface area (Å²) in [6, 6.07) is 63.9. The lowest BCUT2D eigenvalue weighted by molar-refractivity contribution is 1.18. The van der Waals surface area contributed by atoms with Crippen LogP contribution < -0.4 is 4.90 Å². The Morgan fingerprint density at radius 1 is 0.460 bits per heavy atom. The van der Waals surface area contributed by atoms with Crippen molar-refractivity contribution in [1.29, 1.82) is 0 Å². The zero-order chi connectivity index (χ0) is 33.2. The van der Waals surface area contributed by atoms with Crippen LogP contribution in [0.5, 0.6) is 0 Å². The maximum atomic E-state index is 3.65. The number of fused-ring (bicyclic) bond motifs is 8. The summed E-state index contributed by atoms with van der Waals surface area (Å²) in [4.78, 5) is 2.41. The van der Waals surface area contributed by atoms with Crippen molar-refractivity contribution in [2.45, 2.75) is 0 Å². The topological polar surface area (TPSA) is 8.17 Å². The Hall–Kier alpha value is -5.68. The molecule has 10 rings (SSSR count). The summed E-state index contributed by atoms with van der Waals surface area (Å²) in [6.07, 6.45) is 0. The number of hydrogen-bond donors (Lipinski definition) is 0.